The van der Waals surface area contributed by atoms with Crippen LogP contribution in [-0.4, -0.2) is 183 Å². The van der Waals surface area contributed by atoms with Gasteiger partial charge in [-0.15, -0.1) is 0 Å². The fourth-order valence-corrected chi connectivity index (χ4v) is 5.68. The van der Waals surface area contributed by atoms with Crippen molar-refractivity contribution in [3.05, 3.63) is 59.7 Å². The Hall–Kier alpha value is -2.29. The van der Waals surface area contributed by atoms with Crippen LogP contribution < -0.4 is 5.32 Å². The van der Waals surface area contributed by atoms with Crippen molar-refractivity contribution in [2.24, 2.45) is 0 Å². The Kier molecular flexibility index (Phi) is 30.7. The van der Waals surface area contributed by atoms with Gasteiger partial charge in [-0.05, 0) is 22.3 Å². The van der Waals surface area contributed by atoms with E-state index in [-0.39, 0.29) is 12.5 Å². The van der Waals surface area contributed by atoms with Gasteiger partial charge in [0.2, 0.25) is 0 Å². The van der Waals surface area contributed by atoms with Gasteiger partial charge in [0.05, 0.1) is 159 Å². The van der Waals surface area contributed by atoms with E-state index in [2.05, 4.69) is 45.5 Å². The predicted octanol–water partition coefficient (Wildman–Crippen LogP) is 4.12. The number of nitrogens with one attached hydrogen (secondary N) is 1. The van der Waals surface area contributed by atoms with Gasteiger partial charge in [0.15, 0.2) is 0 Å². The van der Waals surface area contributed by atoms with Gasteiger partial charge < -0.3 is 66.9 Å². The van der Waals surface area contributed by atoms with E-state index in [0.717, 1.165) is 5.33 Å². The number of alkyl carbamates (subject to hydrolysis) is 1. The number of benzene rings is 2. The lowest BCUT2D eigenvalue weighted by Gasteiger charge is -2.14. The number of amides is 1. The first-order valence-electron chi connectivity index (χ1n) is 19.9. The predicted molar refractivity (Wildman–Crippen MR) is 217 cm³/mol. The molecule has 0 spiro atoms. The fourth-order valence-electron chi connectivity index (χ4n) is 5.45. The van der Waals surface area contributed by atoms with E-state index in [0.29, 0.717) is 165 Å². The van der Waals surface area contributed by atoms with Crippen LogP contribution >= 0.6 is 15.9 Å². The second-order valence-electron chi connectivity index (χ2n) is 12.3. The lowest BCUT2D eigenvalue weighted by Crippen LogP contribution is -2.29. The number of carbonyl (C=O) groups is 1. The maximum Gasteiger partial charge on any atom is 0.407 e. The molecule has 0 aromatic heterocycles. The summed E-state index contributed by atoms with van der Waals surface area (Å²) >= 11 is 3.30. The van der Waals surface area contributed by atoms with Gasteiger partial charge in [-0.3, -0.25) is 0 Å². The molecule has 324 valence electrons. The highest BCUT2D eigenvalue weighted by molar-refractivity contribution is 9.09. The monoisotopic (exact) mass is 873 g/mol. The van der Waals surface area contributed by atoms with E-state index in [1.54, 1.807) is 0 Å². The summed E-state index contributed by atoms with van der Waals surface area (Å²) in [5.74, 6) is 0.0356. The third kappa shape index (κ3) is 24.4. The molecule has 0 unspecified atom stereocenters. The van der Waals surface area contributed by atoms with E-state index in [1.807, 2.05) is 24.3 Å². The molecule has 16 heteroatoms. The van der Waals surface area contributed by atoms with Crippen LogP contribution in [0.4, 0.5) is 4.79 Å². The first-order chi connectivity index (χ1) is 28.3. The SMILES string of the molecule is O=C(NCCOCCOCCOCCOCCOCCOCCOCCOCCOCCOCCOCCOCCBr)OCC1c2ccccc2-c2ccccc21. The minimum absolute atomic E-state index is 0.0356. The Morgan fingerprint density at radius 2 is 0.702 bits per heavy atom. The molecule has 1 N–H and O–H groups in total. The van der Waals surface area contributed by atoms with Crippen LogP contribution in [0.15, 0.2) is 48.5 Å². The number of alkyl halides is 1. The highest BCUT2D eigenvalue weighted by Gasteiger charge is 2.28. The van der Waals surface area contributed by atoms with Crippen molar-refractivity contribution in [2.75, 3.05) is 177 Å². The molecule has 0 saturated heterocycles. The second kappa shape index (κ2) is 35.6. The number of hydrogen-bond acceptors (Lipinski definition) is 14. The van der Waals surface area contributed by atoms with Crippen molar-refractivity contribution < 1.29 is 66.4 Å². The van der Waals surface area contributed by atoms with Crippen molar-refractivity contribution in [3.63, 3.8) is 0 Å². The Morgan fingerprint density at radius 3 is 1.02 bits per heavy atom. The molecular weight excluding hydrogens is 810 g/mol. The molecule has 2 aromatic rings. The minimum Gasteiger partial charge on any atom is -0.449 e. The maximum atomic E-state index is 12.3. The van der Waals surface area contributed by atoms with Gasteiger partial charge in [0, 0.05) is 17.8 Å². The molecule has 0 atom stereocenters. The van der Waals surface area contributed by atoms with Gasteiger partial charge in [-0.2, -0.15) is 0 Å². The molecule has 57 heavy (non-hydrogen) atoms. The van der Waals surface area contributed by atoms with Crippen LogP contribution in [0.1, 0.15) is 17.0 Å². The number of halogens is 1. The second-order valence-corrected chi connectivity index (χ2v) is 13.1. The summed E-state index contributed by atoms with van der Waals surface area (Å²) in [6, 6.07) is 16.5. The van der Waals surface area contributed by atoms with Crippen molar-refractivity contribution in [1.82, 2.24) is 5.32 Å². The number of fused-ring (bicyclic) bond motifs is 3. The summed E-state index contributed by atoms with van der Waals surface area (Å²) in [7, 11) is 0. The summed E-state index contributed by atoms with van der Waals surface area (Å²) in [4.78, 5) is 12.3. The lowest BCUT2D eigenvalue weighted by molar-refractivity contribution is -0.0282. The molecule has 0 fully saturated rings. The average Bonchev–Trinajstić information content (AvgIpc) is 3.55. The topological polar surface area (TPSA) is 149 Å². The molecule has 0 saturated carbocycles. The summed E-state index contributed by atoms with van der Waals surface area (Å²) in [5, 5.41) is 3.58. The molecule has 0 heterocycles. The van der Waals surface area contributed by atoms with Crippen LogP contribution in [0.25, 0.3) is 11.1 Å². The zero-order chi connectivity index (χ0) is 40.1. The smallest absolute Gasteiger partial charge is 0.407 e. The Balaban J connectivity index is 0.931. The minimum atomic E-state index is -0.453. The Labute approximate surface area is 346 Å². The van der Waals surface area contributed by atoms with E-state index < -0.39 is 6.09 Å². The fraction of sp³-hybridized carbons (Fsp3) is 0.683. The largest absolute Gasteiger partial charge is 0.449 e. The van der Waals surface area contributed by atoms with Crippen LogP contribution in [0.5, 0.6) is 0 Å². The third-order valence-corrected chi connectivity index (χ3v) is 8.50. The first-order valence-corrected chi connectivity index (χ1v) is 21.0. The normalized spacial score (nSPS) is 12.2. The zero-order valence-corrected chi connectivity index (χ0v) is 35.0. The molecular formula is C41H64BrNO14. The van der Waals surface area contributed by atoms with Crippen LogP contribution in [0.2, 0.25) is 0 Å². The molecule has 1 amide bonds. The van der Waals surface area contributed by atoms with Crippen LogP contribution in [0.3, 0.4) is 0 Å². The number of ether oxygens (including phenoxy) is 13. The summed E-state index contributed by atoms with van der Waals surface area (Å²) in [5.41, 5.74) is 4.77. The first kappa shape index (κ1) is 49.1. The molecule has 0 aliphatic heterocycles. The van der Waals surface area contributed by atoms with Crippen LogP contribution in [-0.2, 0) is 61.6 Å². The van der Waals surface area contributed by atoms with Gasteiger partial charge in [-0.1, -0.05) is 64.5 Å². The Bertz CT molecular complexity index is 1200. The lowest BCUT2D eigenvalue weighted by atomic mass is 9.98. The Morgan fingerprint density at radius 1 is 0.421 bits per heavy atom. The van der Waals surface area contributed by atoms with Crippen molar-refractivity contribution in [2.45, 2.75) is 5.92 Å². The number of rotatable bonds is 40. The molecule has 0 bridgehead atoms. The average molecular weight is 875 g/mol. The van der Waals surface area contributed by atoms with E-state index in [9.17, 15) is 4.79 Å². The zero-order valence-electron chi connectivity index (χ0n) is 33.4. The summed E-state index contributed by atoms with van der Waals surface area (Å²) < 4.78 is 71.2. The van der Waals surface area contributed by atoms with E-state index >= 15 is 0 Å². The number of hydrogen-bond donors (Lipinski definition) is 1. The molecule has 1 aliphatic rings. The molecule has 1 aliphatic carbocycles. The number of carbonyl (C=O) groups excluding carboxylic acids is 1. The summed E-state index contributed by atoms with van der Waals surface area (Å²) in [6.45, 7) is 12.7. The third-order valence-electron chi connectivity index (χ3n) is 8.17. The molecule has 3 rings (SSSR count). The molecule has 0 radical (unpaired) electrons. The molecule has 2 aromatic carbocycles. The van der Waals surface area contributed by atoms with Crippen molar-refractivity contribution >= 4 is 22.0 Å². The van der Waals surface area contributed by atoms with Gasteiger partial charge in [-0.25, -0.2) is 4.79 Å². The quantitative estimate of drug-likeness (QED) is 0.0756. The van der Waals surface area contributed by atoms with Crippen LogP contribution in [0, 0.1) is 0 Å². The highest BCUT2D eigenvalue weighted by Crippen LogP contribution is 2.44. The standard InChI is InChI=1S/C41H64BrNO14/c42-9-11-45-13-15-47-17-19-49-21-23-51-25-27-53-29-31-55-33-34-56-32-30-54-28-26-52-24-22-50-20-18-48-16-14-46-12-10-43-41(44)57-35-40-38-7-3-1-5-36(38)37-6-2-4-8-39(37)40/h1-8,40H,9-35H2,(H,43,44). The van der Waals surface area contributed by atoms with Gasteiger partial charge in [0.25, 0.3) is 0 Å². The summed E-state index contributed by atoms with van der Waals surface area (Å²) in [6.07, 6.45) is -0.453. The van der Waals surface area contributed by atoms with Gasteiger partial charge in [0.1, 0.15) is 6.61 Å². The highest BCUT2D eigenvalue weighted by atomic mass is 79.9. The van der Waals surface area contributed by atoms with Crippen molar-refractivity contribution in [1.29, 1.82) is 0 Å². The maximum absolute atomic E-state index is 12.3. The van der Waals surface area contributed by atoms with Gasteiger partial charge >= 0.3 is 6.09 Å². The van der Waals surface area contributed by atoms with E-state index in [1.165, 1.54) is 22.3 Å². The van der Waals surface area contributed by atoms with Crippen molar-refractivity contribution in [3.8, 4) is 11.1 Å². The molecule has 15 nitrogen and oxygen atoms in total. The van der Waals surface area contributed by atoms with E-state index in [4.69, 9.17) is 61.6 Å².